The van der Waals surface area contributed by atoms with Crippen LogP contribution in [0.5, 0.6) is 0 Å². The maximum absolute atomic E-state index is 10.6. The summed E-state index contributed by atoms with van der Waals surface area (Å²) in [5, 5.41) is 0.896. The normalized spacial score (nSPS) is 10.5. The molecule has 66 valence electrons. The number of aromatic nitrogens is 2. The zero-order valence-electron chi connectivity index (χ0n) is 7.37. The van der Waals surface area contributed by atoms with Gasteiger partial charge in [-0.3, -0.25) is 4.79 Å². The van der Waals surface area contributed by atoms with E-state index < -0.39 is 0 Å². The zero-order valence-corrected chi connectivity index (χ0v) is 7.37. The molecule has 3 nitrogen and oxygen atoms in total. The van der Waals surface area contributed by atoms with Crippen molar-refractivity contribution < 1.29 is 4.79 Å². The molecule has 3 heteroatoms. The minimum atomic E-state index is 0.671. The molecule has 13 heavy (non-hydrogen) atoms. The lowest BCUT2D eigenvalue weighted by molar-refractivity contribution is 0.112. The highest BCUT2D eigenvalue weighted by Crippen LogP contribution is 2.15. The lowest BCUT2D eigenvalue weighted by Gasteiger charge is -1.94. The molecule has 0 saturated heterocycles. The largest absolute Gasteiger partial charge is 0.345 e. The van der Waals surface area contributed by atoms with Crippen LogP contribution in [0.25, 0.3) is 11.0 Å². The molecule has 2 aromatic rings. The van der Waals surface area contributed by atoms with E-state index in [4.69, 9.17) is 0 Å². The van der Waals surface area contributed by atoms with Crippen molar-refractivity contribution in [2.24, 2.45) is 0 Å². The van der Waals surface area contributed by atoms with Crippen LogP contribution in [0.2, 0.25) is 0 Å². The topological polar surface area (TPSA) is 45.8 Å². The van der Waals surface area contributed by atoms with Crippen LogP contribution >= 0.6 is 0 Å². The van der Waals surface area contributed by atoms with Crippen molar-refractivity contribution >= 4 is 17.3 Å². The second-order valence-electron chi connectivity index (χ2n) is 2.91. The highest BCUT2D eigenvalue weighted by molar-refractivity contribution is 5.95. The van der Waals surface area contributed by atoms with Crippen molar-refractivity contribution in [3.63, 3.8) is 0 Å². The van der Waals surface area contributed by atoms with Crippen LogP contribution in [0.1, 0.15) is 23.0 Å². The first-order chi connectivity index (χ1) is 6.35. The minimum absolute atomic E-state index is 0.671. The molecule has 0 aliphatic heterocycles. The van der Waals surface area contributed by atoms with E-state index in [1.807, 2.05) is 12.1 Å². The minimum Gasteiger partial charge on any atom is -0.345 e. The number of aromatic amines is 1. The molecule has 0 spiro atoms. The molecule has 0 bridgehead atoms. The number of hydrogen-bond donors (Lipinski definition) is 1. The fraction of sp³-hybridized carbons (Fsp3) is 0.200. The molecule has 0 aliphatic carbocycles. The monoisotopic (exact) mass is 174 g/mol. The lowest BCUT2D eigenvalue weighted by atomic mass is 10.2. The van der Waals surface area contributed by atoms with Gasteiger partial charge in [-0.05, 0) is 18.6 Å². The van der Waals surface area contributed by atoms with E-state index in [1.54, 1.807) is 6.20 Å². The van der Waals surface area contributed by atoms with E-state index in [-0.39, 0.29) is 0 Å². The molecular formula is C10H10N2O. The molecule has 0 fully saturated rings. The van der Waals surface area contributed by atoms with Gasteiger partial charge in [-0.1, -0.05) is 6.92 Å². The average Bonchev–Trinajstić information content (AvgIpc) is 2.59. The predicted octanol–water partition coefficient (Wildman–Crippen LogP) is 1.94. The number of aryl methyl sites for hydroxylation is 1. The van der Waals surface area contributed by atoms with Gasteiger partial charge in [0, 0.05) is 22.8 Å². The quantitative estimate of drug-likeness (QED) is 0.707. The van der Waals surface area contributed by atoms with Crippen LogP contribution in [-0.2, 0) is 6.42 Å². The maximum Gasteiger partial charge on any atom is 0.152 e. The summed E-state index contributed by atoms with van der Waals surface area (Å²) in [6.45, 7) is 2.05. The van der Waals surface area contributed by atoms with E-state index in [0.29, 0.717) is 5.56 Å². The Hall–Kier alpha value is -1.64. The molecule has 2 rings (SSSR count). The van der Waals surface area contributed by atoms with Crippen molar-refractivity contribution in [1.29, 1.82) is 0 Å². The summed E-state index contributed by atoms with van der Waals surface area (Å²) in [5.74, 6) is 0. The van der Waals surface area contributed by atoms with Gasteiger partial charge in [-0.2, -0.15) is 0 Å². The van der Waals surface area contributed by atoms with Crippen LogP contribution in [0.15, 0.2) is 18.3 Å². The van der Waals surface area contributed by atoms with Crippen LogP contribution in [-0.4, -0.2) is 16.3 Å². The number of carbonyl (C=O) groups is 1. The molecule has 0 aromatic carbocycles. The number of carbonyl (C=O) groups excluding carboxylic acids is 1. The second-order valence-corrected chi connectivity index (χ2v) is 2.91. The third-order valence-corrected chi connectivity index (χ3v) is 2.12. The Morgan fingerprint density at radius 2 is 2.38 bits per heavy atom. The van der Waals surface area contributed by atoms with Crippen LogP contribution in [0, 0.1) is 0 Å². The lowest BCUT2D eigenvalue weighted by Crippen LogP contribution is -1.86. The van der Waals surface area contributed by atoms with Crippen molar-refractivity contribution in [2.75, 3.05) is 0 Å². The van der Waals surface area contributed by atoms with Crippen molar-refractivity contribution in [2.45, 2.75) is 13.3 Å². The first-order valence-corrected chi connectivity index (χ1v) is 4.27. The number of nitrogens with one attached hydrogen (secondary N) is 1. The Morgan fingerprint density at radius 1 is 1.54 bits per heavy atom. The fourth-order valence-electron chi connectivity index (χ4n) is 1.36. The average molecular weight is 174 g/mol. The second kappa shape index (κ2) is 3.01. The highest BCUT2D eigenvalue weighted by atomic mass is 16.1. The fourth-order valence-corrected chi connectivity index (χ4v) is 1.36. The molecule has 0 atom stereocenters. The van der Waals surface area contributed by atoms with Gasteiger partial charge < -0.3 is 4.98 Å². The molecule has 0 unspecified atom stereocenters. The predicted molar refractivity (Wildman–Crippen MR) is 50.9 cm³/mol. The Bertz CT molecular complexity index is 445. The van der Waals surface area contributed by atoms with E-state index in [2.05, 4.69) is 16.9 Å². The maximum atomic E-state index is 10.6. The zero-order chi connectivity index (χ0) is 9.26. The molecule has 1 N–H and O–H groups in total. The molecule has 2 heterocycles. The summed E-state index contributed by atoms with van der Waals surface area (Å²) in [6.07, 6.45) is 3.43. The molecule has 0 amide bonds. The first kappa shape index (κ1) is 7.98. The standard InChI is InChI=1S/C10H10N2O/c1-2-8-3-4-9-7(6-13)5-11-10(9)12-8/h3-6H,2H2,1H3,(H,11,12). The van der Waals surface area contributed by atoms with Gasteiger partial charge in [0.25, 0.3) is 0 Å². The first-order valence-electron chi connectivity index (χ1n) is 4.27. The molecule has 0 radical (unpaired) electrons. The number of fused-ring (bicyclic) bond motifs is 1. The summed E-state index contributed by atoms with van der Waals surface area (Å²) < 4.78 is 0. The Balaban J connectivity index is 2.67. The Labute approximate surface area is 75.8 Å². The van der Waals surface area contributed by atoms with Gasteiger partial charge in [-0.15, -0.1) is 0 Å². The van der Waals surface area contributed by atoms with Crippen LogP contribution in [0.3, 0.4) is 0 Å². The van der Waals surface area contributed by atoms with Crippen LogP contribution < -0.4 is 0 Å². The Morgan fingerprint density at radius 3 is 3.08 bits per heavy atom. The third kappa shape index (κ3) is 1.22. The van der Waals surface area contributed by atoms with Gasteiger partial charge in [0.1, 0.15) is 5.65 Å². The summed E-state index contributed by atoms with van der Waals surface area (Å²) in [6, 6.07) is 3.88. The van der Waals surface area contributed by atoms with Crippen molar-refractivity contribution in [3.05, 3.63) is 29.6 Å². The van der Waals surface area contributed by atoms with Gasteiger partial charge in [-0.25, -0.2) is 4.98 Å². The number of aldehydes is 1. The number of hydrogen-bond acceptors (Lipinski definition) is 2. The summed E-state index contributed by atoms with van der Waals surface area (Å²) in [4.78, 5) is 17.9. The molecule has 2 aromatic heterocycles. The number of nitrogens with zero attached hydrogens (tertiary/aromatic N) is 1. The van der Waals surface area contributed by atoms with E-state index in [9.17, 15) is 4.79 Å². The van der Waals surface area contributed by atoms with Gasteiger partial charge in [0.05, 0.1) is 0 Å². The number of rotatable bonds is 2. The SMILES string of the molecule is CCc1ccc2c(C=O)c[nH]c2n1. The molecule has 0 aliphatic rings. The van der Waals surface area contributed by atoms with Crippen LogP contribution in [0.4, 0.5) is 0 Å². The Kier molecular flexibility index (Phi) is 1.85. The number of pyridine rings is 1. The molecular weight excluding hydrogens is 164 g/mol. The van der Waals surface area contributed by atoms with E-state index in [0.717, 1.165) is 29.4 Å². The molecule has 0 saturated carbocycles. The van der Waals surface area contributed by atoms with Gasteiger partial charge in [0.15, 0.2) is 6.29 Å². The third-order valence-electron chi connectivity index (χ3n) is 2.12. The number of H-pyrrole nitrogens is 1. The van der Waals surface area contributed by atoms with Crippen molar-refractivity contribution in [1.82, 2.24) is 9.97 Å². The van der Waals surface area contributed by atoms with Gasteiger partial charge >= 0.3 is 0 Å². The summed E-state index contributed by atoms with van der Waals surface area (Å²) >= 11 is 0. The highest BCUT2D eigenvalue weighted by Gasteiger charge is 2.03. The van der Waals surface area contributed by atoms with Gasteiger partial charge in [0.2, 0.25) is 0 Å². The summed E-state index contributed by atoms with van der Waals surface area (Å²) in [5.41, 5.74) is 2.50. The summed E-state index contributed by atoms with van der Waals surface area (Å²) in [7, 11) is 0. The van der Waals surface area contributed by atoms with E-state index in [1.165, 1.54) is 0 Å². The smallest absolute Gasteiger partial charge is 0.152 e. The van der Waals surface area contributed by atoms with Crippen molar-refractivity contribution in [3.8, 4) is 0 Å². The van der Waals surface area contributed by atoms with E-state index >= 15 is 0 Å².